The number of rotatable bonds is 10. The predicted molar refractivity (Wildman–Crippen MR) is 144 cm³/mol. The minimum absolute atomic E-state index is 0. The summed E-state index contributed by atoms with van der Waals surface area (Å²) in [4.78, 5) is 20.0. The molecule has 0 amide bonds. The number of pyridine rings is 2. The lowest BCUT2D eigenvalue weighted by atomic mass is 10.0. The lowest BCUT2D eigenvalue weighted by Gasteiger charge is -2.20. The van der Waals surface area contributed by atoms with Crippen LogP contribution < -0.4 is 19.8 Å². The van der Waals surface area contributed by atoms with E-state index in [1.807, 2.05) is 0 Å². The topological polar surface area (TPSA) is 114 Å². The predicted octanol–water partition coefficient (Wildman–Crippen LogP) is 5.93. The number of aromatic amines is 1. The molecule has 0 radical (unpaired) electrons. The smallest absolute Gasteiger partial charge is 0.338 e. The van der Waals surface area contributed by atoms with E-state index >= 15 is 0 Å². The molecule has 39 heavy (non-hydrogen) atoms. The van der Waals surface area contributed by atoms with Gasteiger partial charge in [-0.2, -0.15) is 0 Å². The van der Waals surface area contributed by atoms with Crippen molar-refractivity contribution < 1.29 is 33.9 Å². The maximum atomic E-state index is 13.2. The van der Waals surface area contributed by atoms with Crippen molar-refractivity contribution in [3.05, 3.63) is 111 Å². The highest BCUT2D eigenvalue weighted by Crippen LogP contribution is 2.35. The van der Waals surface area contributed by atoms with Gasteiger partial charge in [0.2, 0.25) is 0 Å². The maximum absolute atomic E-state index is 13.2. The molecule has 2 aromatic carbocycles. The molecule has 0 unspecified atom stereocenters. The molecule has 0 aliphatic carbocycles. The number of carbonyl (C=O) groups excluding carboxylic acids is 1. The molecule has 4 rings (SSSR count). The SMILES string of the molecule is COc1ccc([C@H](Cc2c(Cl)c[nH+]cc2Cl)OC(=O)c2ccc(CNc3ccc(F)cn3)cc2)cc1OC.[OH-]. The van der Waals surface area contributed by atoms with Gasteiger partial charge in [0.1, 0.15) is 27.8 Å². The van der Waals surface area contributed by atoms with Crippen molar-refractivity contribution in [1.82, 2.24) is 4.98 Å². The zero-order chi connectivity index (χ0) is 27.1. The molecule has 3 N–H and O–H groups in total. The Morgan fingerprint density at radius 3 is 2.31 bits per heavy atom. The molecule has 2 aromatic heterocycles. The summed E-state index contributed by atoms with van der Waals surface area (Å²) in [6.07, 6.45) is 3.89. The lowest BCUT2D eigenvalue weighted by molar-refractivity contribution is -0.377. The fourth-order valence-electron chi connectivity index (χ4n) is 3.77. The van der Waals surface area contributed by atoms with Crippen LogP contribution in [0.3, 0.4) is 0 Å². The van der Waals surface area contributed by atoms with Gasteiger partial charge in [-0.05, 0) is 47.5 Å². The summed E-state index contributed by atoms with van der Waals surface area (Å²) in [6.45, 7) is 0.449. The first-order chi connectivity index (χ1) is 18.4. The third kappa shape index (κ3) is 7.57. The average Bonchev–Trinajstić information content (AvgIpc) is 2.94. The monoisotopic (exact) mass is 573 g/mol. The summed E-state index contributed by atoms with van der Waals surface area (Å²) in [5, 5.41) is 3.95. The van der Waals surface area contributed by atoms with Crippen LogP contribution in [0.2, 0.25) is 10.0 Å². The summed E-state index contributed by atoms with van der Waals surface area (Å²) in [5.74, 6) is 0.673. The summed E-state index contributed by atoms with van der Waals surface area (Å²) < 4.78 is 29.8. The molecule has 8 nitrogen and oxygen atoms in total. The van der Waals surface area contributed by atoms with Gasteiger partial charge in [0, 0.05) is 18.5 Å². The van der Waals surface area contributed by atoms with Crippen molar-refractivity contribution in [2.45, 2.75) is 19.1 Å². The van der Waals surface area contributed by atoms with Crippen LogP contribution in [0.4, 0.5) is 10.2 Å². The molecular formula is C28H26Cl2FN3O5. The fourth-order valence-corrected chi connectivity index (χ4v) is 4.30. The molecule has 1 atom stereocenters. The zero-order valence-electron chi connectivity index (χ0n) is 21.1. The highest BCUT2D eigenvalue weighted by atomic mass is 35.5. The number of hydrogen-bond donors (Lipinski definition) is 1. The van der Waals surface area contributed by atoms with Crippen LogP contribution in [0.15, 0.2) is 73.2 Å². The van der Waals surface area contributed by atoms with Crippen LogP contribution in [0.1, 0.15) is 33.2 Å². The van der Waals surface area contributed by atoms with E-state index in [9.17, 15) is 9.18 Å². The average molecular weight is 574 g/mol. The number of aromatic nitrogens is 2. The minimum atomic E-state index is -0.717. The Hall–Kier alpha value is -3.92. The Morgan fingerprint density at radius 2 is 1.69 bits per heavy atom. The van der Waals surface area contributed by atoms with Crippen LogP contribution in [-0.4, -0.2) is 30.6 Å². The lowest BCUT2D eigenvalue weighted by Crippen LogP contribution is -2.16. The quantitative estimate of drug-likeness (QED) is 0.234. The molecule has 204 valence electrons. The number of halogens is 3. The summed E-state index contributed by atoms with van der Waals surface area (Å²) in [6, 6.07) is 15.2. The molecule has 0 saturated heterocycles. The second kappa shape index (κ2) is 13.7. The normalized spacial score (nSPS) is 11.2. The molecule has 0 saturated carbocycles. The Balaban J connectivity index is 0.00000420. The zero-order valence-corrected chi connectivity index (χ0v) is 22.6. The maximum Gasteiger partial charge on any atom is 0.338 e. The second-order valence-electron chi connectivity index (χ2n) is 8.25. The number of methoxy groups -OCH3 is 2. The van der Waals surface area contributed by atoms with Gasteiger partial charge < -0.3 is 25.0 Å². The molecule has 0 aliphatic rings. The molecular weight excluding hydrogens is 548 g/mol. The Morgan fingerprint density at radius 1 is 1.00 bits per heavy atom. The molecule has 4 aromatic rings. The number of nitrogens with one attached hydrogen (secondary N) is 2. The van der Waals surface area contributed by atoms with Crippen molar-refractivity contribution in [1.29, 1.82) is 0 Å². The van der Waals surface area contributed by atoms with Crippen molar-refractivity contribution in [3.8, 4) is 11.5 Å². The van der Waals surface area contributed by atoms with E-state index in [2.05, 4.69) is 15.3 Å². The second-order valence-corrected chi connectivity index (χ2v) is 9.07. The standard InChI is InChI=1S/C28H24Cl2FN3O4.H2O/c1-36-24-9-7-19(11-26(24)37-2)25(12-21-22(29)15-32-16-23(21)30)38-28(35)18-5-3-17(4-6-18)13-33-27-10-8-20(31)14-34-27;/h3-11,14-16,25H,12-13H2,1-2H3,(H,33,34);1H2/t25-;/m0./s1. The number of benzene rings is 2. The van der Waals surface area contributed by atoms with Crippen molar-refractivity contribution in [2.75, 3.05) is 19.5 Å². The number of esters is 1. The largest absolute Gasteiger partial charge is 0.870 e. The summed E-state index contributed by atoms with van der Waals surface area (Å²) in [5.41, 5.74) is 2.60. The van der Waals surface area contributed by atoms with E-state index in [-0.39, 0.29) is 11.9 Å². The van der Waals surface area contributed by atoms with Crippen molar-refractivity contribution >= 4 is 35.0 Å². The molecule has 2 heterocycles. The first kappa shape index (κ1) is 29.6. The van der Waals surface area contributed by atoms with Crippen LogP contribution in [0.25, 0.3) is 0 Å². The van der Waals surface area contributed by atoms with Gasteiger partial charge in [0.05, 0.1) is 26.0 Å². The fraction of sp³-hybridized carbons (Fsp3) is 0.179. The van der Waals surface area contributed by atoms with Crippen LogP contribution >= 0.6 is 23.2 Å². The molecule has 0 aliphatic heterocycles. The van der Waals surface area contributed by atoms with E-state index in [1.165, 1.54) is 13.2 Å². The van der Waals surface area contributed by atoms with E-state index in [1.54, 1.807) is 68.0 Å². The molecule has 0 bridgehead atoms. The first-order valence-electron chi connectivity index (χ1n) is 11.6. The van der Waals surface area contributed by atoms with E-state index in [0.717, 1.165) is 11.8 Å². The molecule has 11 heteroatoms. The van der Waals surface area contributed by atoms with Gasteiger partial charge in [-0.3, -0.25) is 0 Å². The summed E-state index contributed by atoms with van der Waals surface area (Å²) >= 11 is 12.8. The van der Waals surface area contributed by atoms with E-state index in [0.29, 0.717) is 50.6 Å². The Kier molecular flexibility index (Phi) is 10.4. The third-order valence-corrected chi connectivity index (χ3v) is 6.48. The van der Waals surface area contributed by atoms with Gasteiger partial charge in [-0.25, -0.2) is 19.2 Å². The third-order valence-electron chi connectivity index (χ3n) is 5.81. The minimum Gasteiger partial charge on any atom is -0.870 e. The highest BCUT2D eigenvalue weighted by Gasteiger charge is 2.24. The number of ether oxygens (including phenoxy) is 3. The number of nitrogens with zero attached hydrogens (tertiary/aromatic N) is 1. The van der Waals surface area contributed by atoms with Gasteiger partial charge in [-0.1, -0.05) is 41.4 Å². The van der Waals surface area contributed by atoms with Crippen LogP contribution in [0, 0.1) is 5.82 Å². The van der Waals surface area contributed by atoms with Crippen LogP contribution in [0.5, 0.6) is 11.5 Å². The van der Waals surface area contributed by atoms with Gasteiger partial charge in [0.25, 0.3) is 0 Å². The van der Waals surface area contributed by atoms with E-state index in [4.69, 9.17) is 37.4 Å². The van der Waals surface area contributed by atoms with Gasteiger partial charge in [0.15, 0.2) is 23.9 Å². The Labute approximate surface area is 235 Å². The Bertz CT molecular complexity index is 1390. The van der Waals surface area contributed by atoms with Crippen molar-refractivity contribution in [2.24, 2.45) is 0 Å². The number of H-pyrrole nitrogens is 1. The van der Waals surface area contributed by atoms with Crippen LogP contribution in [-0.2, 0) is 17.7 Å². The highest BCUT2D eigenvalue weighted by molar-refractivity contribution is 6.35. The number of carbonyl (C=O) groups is 1. The molecule has 0 fully saturated rings. The summed E-state index contributed by atoms with van der Waals surface area (Å²) in [7, 11) is 3.08. The van der Waals surface area contributed by atoms with Crippen molar-refractivity contribution in [3.63, 3.8) is 0 Å². The first-order valence-corrected chi connectivity index (χ1v) is 12.3. The molecule has 0 spiro atoms. The van der Waals surface area contributed by atoms with Gasteiger partial charge in [-0.15, -0.1) is 0 Å². The number of hydrogen-bond acceptors (Lipinski definition) is 7. The number of anilines is 1. The van der Waals surface area contributed by atoms with E-state index < -0.39 is 17.9 Å². The van der Waals surface area contributed by atoms with Gasteiger partial charge >= 0.3 is 5.97 Å².